The monoisotopic (exact) mass is 357 g/mol. The number of methoxy groups -OCH3 is 2. The van der Waals surface area contributed by atoms with Gasteiger partial charge >= 0.3 is 0 Å². The van der Waals surface area contributed by atoms with Gasteiger partial charge in [-0.1, -0.05) is 31.5 Å². The quantitative estimate of drug-likeness (QED) is 0.653. The molecule has 0 aliphatic rings. The zero-order valence-electron chi connectivity index (χ0n) is 15.7. The van der Waals surface area contributed by atoms with E-state index in [4.69, 9.17) is 14.2 Å². The van der Waals surface area contributed by atoms with Gasteiger partial charge in [0.25, 0.3) is 5.91 Å². The van der Waals surface area contributed by atoms with Crippen molar-refractivity contribution in [2.24, 2.45) is 0 Å². The van der Waals surface area contributed by atoms with Crippen LogP contribution in [-0.4, -0.2) is 33.3 Å². The lowest BCUT2D eigenvalue weighted by Gasteiger charge is -2.19. The Labute approximate surface area is 155 Å². The van der Waals surface area contributed by atoms with Crippen LogP contribution in [0.25, 0.3) is 0 Å². The SMILES string of the molecule is CCCCOc1ccc(C(=O)NCC(OC)c2ccccc2OC)cc1. The third-order valence-electron chi connectivity index (χ3n) is 4.10. The Morgan fingerprint density at radius 3 is 2.46 bits per heavy atom. The first-order valence-electron chi connectivity index (χ1n) is 8.86. The van der Waals surface area contributed by atoms with E-state index in [9.17, 15) is 4.79 Å². The number of hydrogen-bond donors (Lipinski definition) is 1. The molecule has 0 fully saturated rings. The average Bonchev–Trinajstić information content (AvgIpc) is 2.69. The van der Waals surface area contributed by atoms with Gasteiger partial charge in [-0.25, -0.2) is 0 Å². The van der Waals surface area contributed by atoms with Crippen molar-refractivity contribution >= 4 is 5.91 Å². The minimum absolute atomic E-state index is 0.151. The van der Waals surface area contributed by atoms with E-state index in [1.807, 2.05) is 36.4 Å². The number of para-hydroxylation sites is 1. The van der Waals surface area contributed by atoms with Gasteiger partial charge in [0.1, 0.15) is 17.6 Å². The summed E-state index contributed by atoms with van der Waals surface area (Å²) >= 11 is 0. The molecule has 2 aromatic carbocycles. The molecule has 0 spiro atoms. The third-order valence-corrected chi connectivity index (χ3v) is 4.10. The van der Waals surface area contributed by atoms with Gasteiger partial charge in [-0.2, -0.15) is 0 Å². The predicted molar refractivity (Wildman–Crippen MR) is 102 cm³/mol. The summed E-state index contributed by atoms with van der Waals surface area (Å²) in [5, 5.41) is 2.91. The largest absolute Gasteiger partial charge is 0.496 e. The van der Waals surface area contributed by atoms with Crippen LogP contribution >= 0.6 is 0 Å². The summed E-state index contributed by atoms with van der Waals surface area (Å²) in [7, 11) is 3.24. The summed E-state index contributed by atoms with van der Waals surface area (Å²) in [6, 6.07) is 14.8. The highest BCUT2D eigenvalue weighted by Crippen LogP contribution is 2.26. The molecule has 0 bridgehead atoms. The van der Waals surface area contributed by atoms with Crippen molar-refractivity contribution in [1.29, 1.82) is 0 Å². The number of unbranched alkanes of at least 4 members (excludes halogenated alkanes) is 1. The summed E-state index contributed by atoms with van der Waals surface area (Å²) < 4.78 is 16.5. The topological polar surface area (TPSA) is 56.8 Å². The fourth-order valence-corrected chi connectivity index (χ4v) is 2.58. The molecule has 2 rings (SSSR count). The highest BCUT2D eigenvalue weighted by Gasteiger charge is 2.16. The van der Waals surface area contributed by atoms with Gasteiger partial charge in [-0.15, -0.1) is 0 Å². The first kappa shape index (κ1) is 19.8. The van der Waals surface area contributed by atoms with Gasteiger partial charge < -0.3 is 19.5 Å². The van der Waals surface area contributed by atoms with E-state index < -0.39 is 0 Å². The number of amides is 1. The maximum atomic E-state index is 12.4. The highest BCUT2D eigenvalue weighted by atomic mass is 16.5. The van der Waals surface area contributed by atoms with Crippen LogP contribution in [0.3, 0.4) is 0 Å². The van der Waals surface area contributed by atoms with Crippen LogP contribution in [0.1, 0.15) is 41.8 Å². The van der Waals surface area contributed by atoms with Crippen molar-refractivity contribution in [3.63, 3.8) is 0 Å². The molecule has 0 saturated heterocycles. The van der Waals surface area contributed by atoms with Crippen LogP contribution in [-0.2, 0) is 4.74 Å². The second-order valence-electron chi connectivity index (χ2n) is 5.90. The second kappa shape index (κ2) is 10.5. The molecular weight excluding hydrogens is 330 g/mol. The Morgan fingerprint density at radius 2 is 1.81 bits per heavy atom. The van der Waals surface area contributed by atoms with Crippen LogP contribution in [0.15, 0.2) is 48.5 Å². The highest BCUT2D eigenvalue weighted by molar-refractivity contribution is 5.94. The normalized spacial score (nSPS) is 11.7. The number of rotatable bonds is 10. The number of carbonyl (C=O) groups excluding carboxylic acids is 1. The van der Waals surface area contributed by atoms with Crippen LogP contribution in [0.2, 0.25) is 0 Å². The molecule has 0 heterocycles. The van der Waals surface area contributed by atoms with Gasteiger partial charge in [0.2, 0.25) is 0 Å². The first-order chi connectivity index (χ1) is 12.7. The average molecular weight is 357 g/mol. The maximum absolute atomic E-state index is 12.4. The Kier molecular flexibility index (Phi) is 7.96. The van der Waals surface area contributed by atoms with E-state index in [0.29, 0.717) is 18.7 Å². The molecule has 5 nitrogen and oxygen atoms in total. The molecular formula is C21H27NO4. The van der Waals surface area contributed by atoms with Gasteiger partial charge in [-0.3, -0.25) is 4.79 Å². The van der Waals surface area contributed by atoms with Crippen molar-refractivity contribution < 1.29 is 19.0 Å². The number of carbonyl (C=O) groups is 1. The summed E-state index contributed by atoms with van der Waals surface area (Å²) in [6.45, 7) is 3.16. The first-order valence-corrected chi connectivity index (χ1v) is 8.86. The van der Waals surface area contributed by atoms with E-state index in [2.05, 4.69) is 12.2 Å². The number of ether oxygens (including phenoxy) is 3. The zero-order chi connectivity index (χ0) is 18.8. The van der Waals surface area contributed by atoms with Gasteiger partial charge in [-0.05, 0) is 36.8 Å². The lowest BCUT2D eigenvalue weighted by molar-refractivity contribution is 0.0819. The van der Waals surface area contributed by atoms with Gasteiger partial charge in [0, 0.05) is 24.8 Å². The molecule has 0 radical (unpaired) electrons. The lowest BCUT2D eigenvalue weighted by atomic mass is 10.1. The van der Waals surface area contributed by atoms with Crippen molar-refractivity contribution in [2.75, 3.05) is 27.4 Å². The summed E-state index contributed by atoms with van der Waals surface area (Å²) in [5.74, 6) is 1.36. The standard InChI is InChI=1S/C21H27NO4/c1-4-5-14-26-17-12-10-16(11-13-17)21(23)22-15-20(25-3)18-8-6-7-9-19(18)24-2/h6-13,20H,4-5,14-15H2,1-3H3,(H,22,23). The Bertz CT molecular complexity index is 685. The van der Waals surface area contributed by atoms with E-state index in [1.54, 1.807) is 26.4 Å². The van der Waals surface area contributed by atoms with E-state index in [1.165, 1.54) is 0 Å². The van der Waals surface area contributed by atoms with E-state index >= 15 is 0 Å². The number of nitrogens with one attached hydrogen (secondary N) is 1. The minimum atomic E-state index is -0.285. The zero-order valence-corrected chi connectivity index (χ0v) is 15.7. The second-order valence-corrected chi connectivity index (χ2v) is 5.90. The van der Waals surface area contributed by atoms with Gasteiger partial charge in [0.15, 0.2) is 0 Å². The molecule has 1 N–H and O–H groups in total. The van der Waals surface area contributed by atoms with Crippen molar-refractivity contribution in [3.05, 3.63) is 59.7 Å². The summed E-state index contributed by atoms with van der Waals surface area (Å²) in [6.07, 6.45) is 1.82. The molecule has 0 aromatic heterocycles. The Balaban J connectivity index is 1.94. The van der Waals surface area contributed by atoms with Crippen LogP contribution in [0.5, 0.6) is 11.5 Å². The fourth-order valence-electron chi connectivity index (χ4n) is 2.58. The number of benzene rings is 2. The Morgan fingerprint density at radius 1 is 1.08 bits per heavy atom. The Hall–Kier alpha value is -2.53. The number of hydrogen-bond acceptors (Lipinski definition) is 4. The van der Waals surface area contributed by atoms with E-state index in [-0.39, 0.29) is 12.0 Å². The third kappa shape index (κ3) is 5.49. The lowest BCUT2D eigenvalue weighted by Crippen LogP contribution is -2.29. The predicted octanol–water partition coefficient (Wildman–Crippen LogP) is 3.99. The van der Waals surface area contributed by atoms with Crippen molar-refractivity contribution in [1.82, 2.24) is 5.32 Å². The molecule has 2 aromatic rings. The molecule has 0 saturated carbocycles. The summed E-state index contributed by atoms with van der Waals surface area (Å²) in [4.78, 5) is 12.4. The van der Waals surface area contributed by atoms with Crippen LogP contribution < -0.4 is 14.8 Å². The van der Waals surface area contributed by atoms with Crippen molar-refractivity contribution in [2.45, 2.75) is 25.9 Å². The minimum Gasteiger partial charge on any atom is -0.496 e. The van der Waals surface area contributed by atoms with E-state index in [0.717, 1.165) is 29.9 Å². The molecule has 1 amide bonds. The maximum Gasteiger partial charge on any atom is 0.251 e. The smallest absolute Gasteiger partial charge is 0.251 e. The molecule has 26 heavy (non-hydrogen) atoms. The molecule has 1 atom stereocenters. The molecule has 1 unspecified atom stereocenters. The van der Waals surface area contributed by atoms with Crippen LogP contribution in [0, 0.1) is 0 Å². The fraction of sp³-hybridized carbons (Fsp3) is 0.381. The molecule has 140 valence electrons. The molecule has 0 aliphatic carbocycles. The van der Waals surface area contributed by atoms with Gasteiger partial charge in [0.05, 0.1) is 13.7 Å². The summed E-state index contributed by atoms with van der Waals surface area (Å²) in [5.41, 5.74) is 1.49. The van der Waals surface area contributed by atoms with Crippen molar-refractivity contribution in [3.8, 4) is 11.5 Å². The van der Waals surface area contributed by atoms with Crippen LogP contribution in [0.4, 0.5) is 0 Å². The molecule has 0 aliphatic heterocycles. The molecule has 5 heteroatoms.